The second-order valence-electron chi connectivity index (χ2n) is 7.68. The molecule has 0 unspecified atom stereocenters. The molecule has 0 saturated heterocycles. The Morgan fingerprint density at radius 3 is 2.54 bits per heavy atom. The van der Waals surface area contributed by atoms with Gasteiger partial charge >= 0.3 is 0 Å². The van der Waals surface area contributed by atoms with Crippen LogP contribution in [0.4, 0.5) is 5.82 Å². The van der Waals surface area contributed by atoms with E-state index in [1.165, 1.54) is 35.1 Å². The first-order valence-electron chi connectivity index (χ1n) is 10.0. The molecule has 0 amide bonds. The molecule has 2 aliphatic rings. The maximum atomic E-state index is 5.79. The Morgan fingerprint density at radius 1 is 0.929 bits per heavy atom. The van der Waals surface area contributed by atoms with E-state index >= 15 is 0 Å². The molecule has 0 fully saturated rings. The van der Waals surface area contributed by atoms with Crippen LogP contribution in [-0.2, 0) is 6.42 Å². The molecule has 0 radical (unpaired) electrons. The van der Waals surface area contributed by atoms with Gasteiger partial charge in [0.2, 0.25) is 0 Å². The highest BCUT2D eigenvalue weighted by Crippen LogP contribution is 2.37. The van der Waals surface area contributed by atoms with E-state index in [4.69, 9.17) is 14.6 Å². The summed E-state index contributed by atoms with van der Waals surface area (Å²) >= 11 is 0. The van der Waals surface area contributed by atoms with Crippen LogP contribution in [0.3, 0.4) is 0 Å². The molecule has 2 aromatic carbocycles. The predicted molar refractivity (Wildman–Crippen MR) is 111 cm³/mol. The monoisotopic (exact) mass is 375 g/mol. The van der Waals surface area contributed by atoms with Crippen molar-refractivity contribution in [3.63, 3.8) is 0 Å². The fourth-order valence-electron chi connectivity index (χ4n) is 4.20. The van der Waals surface area contributed by atoms with Gasteiger partial charge < -0.3 is 14.8 Å². The lowest BCUT2D eigenvalue weighted by atomic mass is 10.00. The summed E-state index contributed by atoms with van der Waals surface area (Å²) in [4.78, 5) is 0. The van der Waals surface area contributed by atoms with E-state index in [0.717, 1.165) is 41.7 Å². The molecule has 28 heavy (non-hydrogen) atoms. The Bertz CT molecular complexity index is 1020. The van der Waals surface area contributed by atoms with Gasteiger partial charge in [-0.25, -0.2) is 4.68 Å². The van der Waals surface area contributed by atoms with E-state index in [0.29, 0.717) is 13.2 Å². The zero-order valence-corrected chi connectivity index (χ0v) is 16.4. The number of ether oxygens (including phenoxy) is 2. The van der Waals surface area contributed by atoms with Crippen molar-refractivity contribution in [3.05, 3.63) is 53.1 Å². The first-order chi connectivity index (χ1) is 13.7. The third-order valence-electron chi connectivity index (χ3n) is 5.39. The van der Waals surface area contributed by atoms with Gasteiger partial charge in [0.15, 0.2) is 11.5 Å². The summed E-state index contributed by atoms with van der Waals surface area (Å²) in [6.07, 6.45) is 3.38. The van der Waals surface area contributed by atoms with Crippen LogP contribution >= 0.6 is 0 Å². The van der Waals surface area contributed by atoms with Crippen molar-refractivity contribution in [2.45, 2.75) is 33.1 Å². The van der Waals surface area contributed by atoms with Crippen LogP contribution < -0.4 is 14.8 Å². The molecule has 1 aromatic heterocycles. The third-order valence-corrected chi connectivity index (χ3v) is 5.39. The lowest BCUT2D eigenvalue weighted by molar-refractivity contribution is 0.171. The molecule has 3 heterocycles. The van der Waals surface area contributed by atoms with Crippen molar-refractivity contribution in [2.75, 3.05) is 25.1 Å². The highest BCUT2D eigenvalue weighted by molar-refractivity contribution is 5.72. The molecular formula is C23H25N3O2. The molecule has 0 spiro atoms. The Balaban J connectivity index is 1.67. The van der Waals surface area contributed by atoms with E-state index in [1.54, 1.807) is 0 Å². The first kappa shape index (κ1) is 17.2. The minimum absolute atomic E-state index is 0.583. The van der Waals surface area contributed by atoms with Crippen LogP contribution in [-0.4, -0.2) is 29.5 Å². The van der Waals surface area contributed by atoms with E-state index in [9.17, 15) is 0 Å². The van der Waals surface area contributed by atoms with Gasteiger partial charge in [0.05, 0.1) is 11.4 Å². The number of anilines is 1. The maximum Gasteiger partial charge on any atom is 0.163 e. The average molecular weight is 375 g/mol. The van der Waals surface area contributed by atoms with Gasteiger partial charge in [-0.3, -0.25) is 0 Å². The molecule has 5 rings (SSSR count). The summed E-state index contributed by atoms with van der Waals surface area (Å²) in [6, 6.07) is 12.7. The molecule has 144 valence electrons. The van der Waals surface area contributed by atoms with Gasteiger partial charge in [-0.2, -0.15) is 5.10 Å². The van der Waals surface area contributed by atoms with E-state index < -0.39 is 0 Å². The van der Waals surface area contributed by atoms with Gasteiger partial charge in [-0.1, -0.05) is 17.2 Å². The number of hydrogen-bond acceptors (Lipinski definition) is 4. The topological polar surface area (TPSA) is 48.3 Å². The summed E-state index contributed by atoms with van der Waals surface area (Å²) in [7, 11) is 0. The minimum Gasteiger partial charge on any atom is -0.486 e. The van der Waals surface area contributed by atoms with E-state index in [-0.39, 0.29) is 0 Å². The lowest BCUT2D eigenvalue weighted by Gasteiger charge is -2.19. The normalized spacial score (nSPS) is 15.5. The molecule has 5 heteroatoms. The van der Waals surface area contributed by atoms with Crippen LogP contribution in [0, 0.1) is 13.8 Å². The van der Waals surface area contributed by atoms with Crippen LogP contribution in [0.5, 0.6) is 11.5 Å². The third kappa shape index (κ3) is 3.01. The highest BCUT2D eigenvalue weighted by Gasteiger charge is 2.23. The first-order valence-corrected chi connectivity index (χ1v) is 10.0. The zero-order chi connectivity index (χ0) is 19.1. The van der Waals surface area contributed by atoms with Gasteiger partial charge in [-0.15, -0.1) is 0 Å². The van der Waals surface area contributed by atoms with E-state index in [2.05, 4.69) is 43.4 Å². The average Bonchev–Trinajstić information content (AvgIpc) is 2.88. The lowest BCUT2D eigenvalue weighted by Crippen LogP contribution is -2.15. The van der Waals surface area contributed by atoms with Crippen molar-refractivity contribution in [2.24, 2.45) is 0 Å². The SMILES string of the molecule is Cc1cc(C)cc(-c2nn(-c3ccc4c(c3)OCCO4)c3c2CCCCN3)c1. The van der Waals surface area contributed by atoms with Crippen molar-refractivity contribution in [1.29, 1.82) is 0 Å². The van der Waals surface area contributed by atoms with Crippen LogP contribution in [0.15, 0.2) is 36.4 Å². The van der Waals surface area contributed by atoms with Gasteiger partial charge in [0.25, 0.3) is 0 Å². The number of nitrogens with one attached hydrogen (secondary N) is 1. The quantitative estimate of drug-likeness (QED) is 0.707. The second-order valence-corrected chi connectivity index (χ2v) is 7.68. The molecule has 5 nitrogen and oxygen atoms in total. The minimum atomic E-state index is 0.583. The molecule has 1 N–H and O–H groups in total. The molecule has 0 bridgehead atoms. The zero-order valence-electron chi connectivity index (χ0n) is 16.4. The fraction of sp³-hybridized carbons (Fsp3) is 0.348. The van der Waals surface area contributed by atoms with Gasteiger partial charge in [-0.05, 0) is 57.4 Å². The van der Waals surface area contributed by atoms with Crippen molar-refractivity contribution < 1.29 is 9.47 Å². The van der Waals surface area contributed by atoms with E-state index in [1.807, 2.05) is 16.8 Å². The molecule has 3 aromatic rings. The predicted octanol–water partition coefficient (Wildman–Crippen LogP) is 4.68. The molecule has 0 aliphatic carbocycles. The van der Waals surface area contributed by atoms with Crippen LogP contribution in [0.2, 0.25) is 0 Å². The maximum absolute atomic E-state index is 5.79. The van der Waals surface area contributed by atoms with Gasteiger partial charge in [0, 0.05) is 23.7 Å². The number of aryl methyl sites for hydroxylation is 2. The van der Waals surface area contributed by atoms with Crippen LogP contribution in [0.25, 0.3) is 16.9 Å². The molecule has 2 aliphatic heterocycles. The van der Waals surface area contributed by atoms with Crippen molar-refractivity contribution >= 4 is 5.82 Å². The summed E-state index contributed by atoms with van der Waals surface area (Å²) in [5.74, 6) is 2.69. The number of fused-ring (bicyclic) bond motifs is 2. The highest BCUT2D eigenvalue weighted by atomic mass is 16.6. The summed E-state index contributed by atoms with van der Waals surface area (Å²) in [5.41, 5.74) is 7.08. The Hall–Kier alpha value is -2.95. The largest absolute Gasteiger partial charge is 0.486 e. The molecular weight excluding hydrogens is 350 g/mol. The number of aromatic nitrogens is 2. The van der Waals surface area contributed by atoms with Crippen molar-refractivity contribution in [1.82, 2.24) is 9.78 Å². The summed E-state index contributed by atoms with van der Waals surface area (Å²) < 4.78 is 13.5. The molecule has 0 atom stereocenters. The number of benzene rings is 2. The summed E-state index contributed by atoms with van der Waals surface area (Å²) in [6.45, 7) is 6.44. The summed E-state index contributed by atoms with van der Waals surface area (Å²) in [5, 5.41) is 8.68. The number of rotatable bonds is 2. The Kier molecular flexibility index (Phi) is 4.23. The standard InChI is InChI=1S/C23H25N3O2/c1-15-11-16(2)13-17(12-15)22-19-5-3-4-8-24-23(19)26(25-22)18-6-7-20-21(14-18)28-10-9-27-20/h6-7,11-14,24H,3-5,8-10H2,1-2H3. The number of hydrogen-bond donors (Lipinski definition) is 1. The van der Waals surface area contributed by atoms with Gasteiger partial charge in [0.1, 0.15) is 19.0 Å². The van der Waals surface area contributed by atoms with Crippen molar-refractivity contribution in [3.8, 4) is 28.4 Å². The molecule has 0 saturated carbocycles. The smallest absolute Gasteiger partial charge is 0.163 e. The number of nitrogens with zero attached hydrogens (tertiary/aromatic N) is 2. The Morgan fingerprint density at radius 2 is 1.71 bits per heavy atom. The fourth-order valence-corrected chi connectivity index (χ4v) is 4.20. The van der Waals surface area contributed by atoms with Crippen LogP contribution in [0.1, 0.15) is 29.5 Å². The Labute approximate surface area is 165 Å². The second kappa shape index (κ2) is 6.89.